The molecule has 0 spiro atoms. The Labute approximate surface area is 92.7 Å². The number of sulfonamides is 1. The minimum absolute atomic E-state index is 0.0231. The van der Waals surface area contributed by atoms with Gasteiger partial charge >= 0.3 is 0 Å². The van der Waals surface area contributed by atoms with Gasteiger partial charge in [0.15, 0.2) is 0 Å². The molecular weight excluding hydrogens is 212 g/mol. The highest BCUT2D eigenvalue weighted by molar-refractivity contribution is 7.88. The molecule has 1 saturated carbocycles. The van der Waals surface area contributed by atoms with Crippen LogP contribution in [-0.4, -0.2) is 27.3 Å². The van der Waals surface area contributed by atoms with E-state index in [-0.39, 0.29) is 5.75 Å². The van der Waals surface area contributed by atoms with Crippen molar-refractivity contribution in [1.29, 1.82) is 0 Å². The van der Waals surface area contributed by atoms with Gasteiger partial charge in [-0.3, -0.25) is 0 Å². The molecule has 0 aromatic rings. The van der Waals surface area contributed by atoms with E-state index < -0.39 is 10.0 Å². The zero-order valence-corrected chi connectivity index (χ0v) is 9.98. The summed E-state index contributed by atoms with van der Waals surface area (Å²) in [6, 6.07) is 0. The molecule has 2 N–H and O–H groups in total. The van der Waals surface area contributed by atoms with Gasteiger partial charge in [0.05, 0.1) is 5.75 Å². The average Bonchev–Trinajstić information content (AvgIpc) is 2.17. The molecule has 1 aliphatic carbocycles. The van der Waals surface area contributed by atoms with E-state index in [0.29, 0.717) is 13.0 Å². The zero-order chi connectivity index (χ0) is 11.1. The minimum Gasteiger partial charge on any atom is -0.316 e. The van der Waals surface area contributed by atoms with Crippen molar-refractivity contribution in [2.75, 3.05) is 18.8 Å². The monoisotopic (exact) mass is 233 g/mol. The predicted octanol–water partition coefficient (Wildman–Crippen LogP) is 1.16. The van der Waals surface area contributed by atoms with Crippen LogP contribution in [0.5, 0.6) is 0 Å². The van der Waals surface area contributed by atoms with E-state index in [2.05, 4.69) is 5.32 Å². The lowest BCUT2D eigenvalue weighted by atomic mass is 9.89. The Kier molecular flexibility index (Phi) is 5.56. The summed E-state index contributed by atoms with van der Waals surface area (Å²) in [5, 5.41) is 9.99. The summed E-state index contributed by atoms with van der Waals surface area (Å²) in [4.78, 5) is 0. The van der Waals surface area contributed by atoms with Gasteiger partial charge in [-0.15, -0.1) is 5.14 Å². The largest absolute Gasteiger partial charge is 0.316 e. The average molecular weight is 233 g/mol. The fourth-order valence-electron chi connectivity index (χ4n) is 2.08. The van der Waals surface area contributed by atoms with Crippen molar-refractivity contribution in [3.63, 3.8) is 0 Å². The van der Waals surface area contributed by atoms with Gasteiger partial charge in [0.1, 0.15) is 0 Å². The normalized spacial score (nSPS) is 19.3. The minimum atomic E-state index is -3.52. The van der Waals surface area contributed by atoms with Crippen LogP contribution in [0.3, 0.4) is 0 Å². The number of hydrogen-bond donors (Lipinski definition) is 1. The summed E-state index contributed by atoms with van der Waals surface area (Å²) >= 11 is 0. The molecule has 5 heteroatoms. The molecule has 1 rings (SSSR count). The molecule has 0 aromatic heterocycles. The highest BCUT2D eigenvalue weighted by Crippen LogP contribution is 2.22. The lowest BCUT2D eigenvalue weighted by Gasteiger charge is -2.21. The molecule has 0 aromatic carbocycles. The second-order valence-corrected chi connectivity index (χ2v) is 6.02. The van der Waals surface area contributed by atoms with Crippen molar-refractivity contribution < 1.29 is 8.42 Å². The molecule has 1 fully saturated rings. The van der Waals surface area contributed by atoms with Crippen LogP contribution in [0.4, 0.5) is 0 Å². The van der Waals surface area contributed by atoms with Gasteiger partial charge in [0, 0.05) is 0 Å². The SMILES string of the molecule is [NH]S(=O)(=O)CCCNCC1CCCCC1. The number of rotatable bonds is 6. The van der Waals surface area contributed by atoms with E-state index in [9.17, 15) is 8.42 Å². The Morgan fingerprint density at radius 2 is 1.87 bits per heavy atom. The summed E-state index contributed by atoms with van der Waals surface area (Å²) < 4.78 is 21.1. The van der Waals surface area contributed by atoms with Crippen molar-refractivity contribution in [3.05, 3.63) is 0 Å². The van der Waals surface area contributed by atoms with Crippen LogP contribution in [0.25, 0.3) is 0 Å². The predicted molar refractivity (Wildman–Crippen MR) is 60.9 cm³/mol. The van der Waals surface area contributed by atoms with Crippen molar-refractivity contribution in [2.45, 2.75) is 38.5 Å². The standard InChI is InChI=1S/C10H21N2O2S/c11-15(13,14)8-4-7-12-9-10-5-2-1-3-6-10/h10-12H,1-9H2. The fourth-order valence-corrected chi connectivity index (χ4v) is 2.61. The van der Waals surface area contributed by atoms with Gasteiger partial charge in [-0.2, -0.15) is 0 Å². The molecule has 0 atom stereocenters. The Morgan fingerprint density at radius 1 is 1.20 bits per heavy atom. The summed E-state index contributed by atoms with van der Waals surface area (Å²) in [5.74, 6) is 0.761. The third-order valence-electron chi connectivity index (χ3n) is 2.92. The summed E-state index contributed by atoms with van der Waals surface area (Å²) in [5.41, 5.74) is 0. The van der Waals surface area contributed by atoms with E-state index in [1.54, 1.807) is 0 Å². The summed E-state index contributed by atoms with van der Waals surface area (Å²) in [7, 11) is -3.52. The van der Waals surface area contributed by atoms with Gasteiger partial charge in [0.25, 0.3) is 0 Å². The van der Waals surface area contributed by atoms with Gasteiger partial charge in [0.2, 0.25) is 10.0 Å². The maximum atomic E-state index is 10.5. The first-order valence-corrected chi connectivity index (χ1v) is 7.41. The first-order chi connectivity index (χ1) is 7.08. The second-order valence-electron chi connectivity index (χ2n) is 4.38. The molecule has 0 saturated heterocycles. The molecular formula is C10H21N2O2S. The Balaban J connectivity index is 1.96. The van der Waals surface area contributed by atoms with Crippen molar-refractivity contribution >= 4 is 10.0 Å². The van der Waals surface area contributed by atoms with E-state index in [4.69, 9.17) is 5.14 Å². The molecule has 1 aliphatic rings. The van der Waals surface area contributed by atoms with Crippen molar-refractivity contribution in [1.82, 2.24) is 10.5 Å². The molecule has 0 aliphatic heterocycles. The molecule has 0 heterocycles. The van der Waals surface area contributed by atoms with Crippen molar-refractivity contribution in [2.24, 2.45) is 5.92 Å². The molecule has 89 valence electrons. The van der Waals surface area contributed by atoms with Crippen molar-refractivity contribution in [3.8, 4) is 0 Å². The highest BCUT2D eigenvalue weighted by Gasteiger charge is 2.12. The fraction of sp³-hybridized carbons (Fsp3) is 1.00. The molecule has 4 nitrogen and oxygen atoms in total. The Hall–Kier alpha value is -0.130. The van der Waals surface area contributed by atoms with Crippen LogP contribution in [0.1, 0.15) is 38.5 Å². The zero-order valence-electron chi connectivity index (χ0n) is 9.17. The van der Waals surface area contributed by atoms with Crippen LogP contribution in [-0.2, 0) is 10.0 Å². The highest BCUT2D eigenvalue weighted by atomic mass is 32.2. The second kappa shape index (κ2) is 6.45. The van der Waals surface area contributed by atoms with Crippen LogP contribution in [0, 0.1) is 5.92 Å². The first kappa shape index (κ1) is 12.9. The van der Waals surface area contributed by atoms with E-state index in [1.165, 1.54) is 32.1 Å². The topological polar surface area (TPSA) is 70.0 Å². The molecule has 0 unspecified atom stereocenters. The maximum Gasteiger partial charge on any atom is 0.225 e. The van der Waals surface area contributed by atoms with E-state index >= 15 is 0 Å². The molecule has 1 radical (unpaired) electrons. The third-order valence-corrected chi connectivity index (χ3v) is 3.75. The summed E-state index contributed by atoms with van der Waals surface area (Å²) in [6.45, 7) is 1.73. The molecule has 0 bridgehead atoms. The molecule has 0 amide bonds. The first-order valence-electron chi connectivity index (χ1n) is 5.76. The smallest absolute Gasteiger partial charge is 0.225 e. The lowest BCUT2D eigenvalue weighted by Crippen LogP contribution is -2.26. The van der Waals surface area contributed by atoms with Crippen LogP contribution in [0.15, 0.2) is 0 Å². The Bertz CT molecular complexity index is 259. The summed E-state index contributed by atoms with van der Waals surface area (Å²) in [6.07, 6.45) is 7.22. The maximum absolute atomic E-state index is 10.5. The van der Waals surface area contributed by atoms with Crippen LogP contribution < -0.4 is 10.5 Å². The number of nitrogens with one attached hydrogen (secondary N) is 2. The van der Waals surface area contributed by atoms with Gasteiger partial charge in [-0.25, -0.2) is 8.42 Å². The van der Waals surface area contributed by atoms with E-state index in [0.717, 1.165) is 12.5 Å². The quantitative estimate of drug-likeness (QED) is 0.700. The van der Waals surface area contributed by atoms with Crippen LogP contribution in [0.2, 0.25) is 0 Å². The van der Waals surface area contributed by atoms with E-state index in [1.807, 2.05) is 0 Å². The van der Waals surface area contributed by atoms with Crippen LogP contribution >= 0.6 is 0 Å². The molecule has 15 heavy (non-hydrogen) atoms. The number of hydrogen-bond acceptors (Lipinski definition) is 3. The van der Waals surface area contributed by atoms with Gasteiger partial charge < -0.3 is 5.32 Å². The lowest BCUT2D eigenvalue weighted by molar-refractivity contribution is 0.343. The van der Waals surface area contributed by atoms with Gasteiger partial charge in [-0.1, -0.05) is 19.3 Å². The Morgan fingerprint density at radius 3 is 2.47 bits per heavy atom. The van der Waals surface area contributed by atoms with Gasteiger partial charge in [-0.05, 0) is 38.3 Å². The third kappa shape index (κ3) is 6.87.